The van der Waals surface area contributed by atoms with E-state index in [4.69, 9.17) is 16.6 Å². The lowest BCUT2D eigenvalue weighted by atomic mass is 10.1. The molecule has 0 atom stereocenters. The summed E-state index contributed by atoms with van der Waals surface area (Å²) < 4.78 is 1.93. The summed E-state index contributed by atoms with van der Waals surface area (Å²) in [5.41, 5.74) is 3.54. The molecular weight excluding hydrogens is 360 g/mol. The van der Waals surface area contributed by atoms with Gasteiger partial charge in [-0.05, 0) is 29.8 Å². The van der Waals surface area contributed by atoms with Crippen molar-refractivity contribution in [1.82, 2.24) is 24.5 Å². The molecule has 0 radical (unpaired) electrons. The van der Waals surface area contributed by atoms with E-state index in [2.05, 4.69) is 20.3 Å². The number of hydrogen-bond donors (Lipinski definition) is 1. The van der Waals surface area contributed by atoms with Crippen molar-refractivity contribution in [2.45, 2.75) is 6.54 Å². The van der Waals surface area contributed by atoms with Gasteiger partial charge in [0.05, 0.1) is 12.2 Å². The van der Waals surface area contributed by atoms with Crippen LogP contribution in [0.1, 0.15) is 5.69 Å². The highest BCUT2D eigenvalue weighted by atomic mass is 35.5. The van der Waals surface area contributed by atoms with Gasteiger partial charge < -0.3 is 9.88 Å². The highest BCUT2D eigenvalue weighted by Gasteiger charge is 2.15. The largest absolute Gasteiger partial charge is 0.349 e. The van der Waals surface area contributed by atoms with Crippen LogP contribution in [0.2, 0.25) is 5.02 Å². The number of anilines is 1. The molecule has 0 spiro atoms. The molecule has 4 rings (SSSR count). The topological polar surface area (TPSA) is 68.5 Å². The maximum atomic E-state index is 6.02. The molecule has 27 heavy (non-hydrogen) atoms. The van der Waals surface area contributed by atoms with Gasteiger partial charge in [-0.1, -0.05) is 29.8 Å². The second-order valence-electron chi connectivity index (χ2n) is 6.00. The molecule has 0 saturated carbocycles. The van der Waals surface area contributed by atoms with Crippen molar-refractivity contribution in [1.29, 1.82) is 0 Å². The highest BCUT2D eigenvalue weighted by Crippen LogP contribution is 2.30. The molecule has 0 unspecified atom stereocenters. The molecule has 0 bridgehead atoms. The maximum absolute atomic E-state index is 6.02. The SMILES string of the molecule is Cn1ccnc1-c1nc(NCc2ccccn2)ncc1-c1ccc(Cl)cc1. The van der Waals surface area contributed by atoms with Crippen molar-refractivity contribution in [3.05, 3.63) is 78.0 Å². The van der Waals surface area contributed by atoms with Gasteiger partial charge in [0.1, 0.15) is 5.69 Å². The van der Waals surface area contributed by atoms with E-state index in [0.717, 1.165) is 28.3 Å². The monoisotopic (exact) mass is 376 g/mol. The summed E-state index contributed by atoms with van der Waals surface area (Å²) >= 11 is 6.02. The van der Waals surface area contributed by atoms with E-state index in [-0.39, 0.29) is 0 Å². The minimum absolute atomic E-state index is 0.524. The van der Waals surface area contributed by atoms with Crippen molar-refractivity contribution in [3.63, 3.8) is 0 Å². The predicted molar refractivity (Wildman–Crippen MR) is 106 cm³/mol. The van der Waals surface area contributed by atoms with Gasteiger partial charge >= 0.3 is 0 Å². The Morgan fingerprint density at radius 2 is 1.85 bits per heavy atom. The number of pyridine rings is 1. The Morgan fingerprint density at radius 1 is 1.00 bits per heavy atom. The summed E-state index contributed by atoms with van der Waals surface area (Å²) in [4.78, 5) is 18.0. The zero-order valence-corrected chi connectivity index (χ0v) is 15.4. The molecule has 0 aliphatic carbocycles. The van der Waals surface area contributed by atoms with E-state index in [0.29, 0.717) is 17.5 Å². The summed E-state index contributed by atoms with van der Waals surface area (Å²) in [6.07, 6.45) is 7.22. The van der Waals surface area contributed by atoms with Crippen LogP contribution < -0.4 is 5.32 Å². The number of halogens is 1. The lowest BCUT2D eigenvalue weighted by molar-refractivity contribution is 0.914. The maximum Gasteiger partial charge on any atom is 0.223 e. The van der Waals surface area contributed by atoms with E-state index < -0.39 is 0 Å². The Bertz CT molecular complexity index is 1040. The minimum atomic E-state index is 0.524. The summed E-state index contributed by atoms with van der Waals surface area (Å²) in [5, 5.41) is 3.91. The normalized spacial score (nSPS) is 10.7. The number of imidazole rings is 1. The number of hydrogen-bond acceptors (Lipinski definition) is 5. The standard InChI is InChI=1S/C20H17ClN6/c1-27-11-10-23-19(27)18-17(14-5-7-15(21)8-6-14)13-25-20(26-18)24-12-16-4-2-3-9-22-16/h2-11,13H,12H2,1H3,(H,24,25,26). The molecule has 1 N–H and O–H groups in total. The minimum Gasteiger partial charge on any atom is -0.349 e. The van der Waals surface area contributed by atoms with Crippen LogP contribution in [-0.2, 0) is 13.6 Å². The van der Waals surface area contributed by atoms with Gasteiger partial charge in [-0.25, -0.2) is 15.0 Å². The van der Waals surface area contributed by atoms with Gasteiger partial charge in [-0.15, -0.1) is 0 Å². The fraction of sp³-hybridized carbons (Fsp3) is 0.100. The molecule has 3 aromatic heterocycles. The number of rotatable bonds is 5. The molecule has 3 heterocycles. The second kappa shape index (κ2) is 7.55. The van der Waals surface area contributed by atoms with Crippen LogP contribution in [0.4, 0.5) is 5.95 Å². The first-order valence-electron chi connectivity index (χ1n) is 8.45. The second-order valence-corrected chi connectivity index (χ2v) is 6.44. The van der Waals surface area contributed by atoms with Gasteiger partial charge in [0.15, 0.2) is 5.82 Å². The van der Waals surface area contributed by atoms with Crippen molar-refractivity contribution in [2.75, 3.05) is 5.32 Å². The van der Waals surface area contributed by atoms with Crippen LogP contribution in [0, 0.1) is 0 Å². The van der Waals surface area contributed by atoms with Gasteiger partial charge in [0.2, 0.25) is 5.95 Å². The smallest absolute Gasteiger partial charge is 0.223 e. The van der Waals surface area contributed by atoms with Crippen molar-refractivity contribution >= 4 is 17.5 Å². The number of aromatic nitrogens is 5. The van der Waals surface area contributed by atoms with E-state index in [1.807, 2.05) is 60.3 Å². The van der Waals surface area contributed by atoms with Crippen molar-refractivity contribution < 1.29 is 0 Å². The summed E-state index contributed by atoms with van der Waals surface area (Å²) in [5.74, 6) is 1.29. The van der Waals surface area contributed by atoms with E-state index in [9.17, 15) is 0 Å². The number of nitrogens with zero attached hydrogens (tertiary/aromatic N) is 5. The van der Waals surface area contributed by atoms with Crippen LogP contribution in [0.5, 0.6) is 0 Å². The summed E-state index contributed by atoms with van der Waals surface area (Å²) in [6, 6.07) is 13.4. The first kappa shape index (κ1) is 17.2. The Balaban J connectivity index is 1.71. The first-order valence-corrected chi connectivity index (χ1v) is 8.83. The molecule has 4 aromatic rings. The molecule has 134 valence electrons. The molecule has 6 nitrogen and oxygen atoms in total. The molecule has 0 aliphatic rings. The number of aryl methyl sites for hydroxylation is 1. The quantitative estimate of drug-likeness (QED) is 0.565. The number of nitrogens with one attached hydrogen (secondary N) is 1. The number of benzene rings is 1. The fourth-order valence-electron chi connectivity index (χ4n) is 2.74. The Labute approximate surface area is 161 Å². The van der Waals surface area contributed by atoms with E-state index >= 15 is 0 Å². The van der Waals surface area contributed by atoms with Crippen LogP contribution >= 0.6 is 11.6 Å². The Hall–Kier alpha value is -3.25. The molecular formula is C20H17ClN6. The van der Waals surface area contributed by atoms with Gasteiger partial charge in [0, 0.05) is 42.4 Å². The van der Waals surface area contributed by atoms with E-state index in [1.54, 1.807) is 18.6 Å². The Morgan fingerprint density at radius 3 is 2.56 bits per heavy atom. The predicted octanol–water partition coefficient (Wildman–Crippen LogP) is 4.20. The lowest BCUT2D eigenvalue weighted by Crippen LogP contribution is -2.07. The molecule has 0 amide bonds. The first-order chi connectivity index (χ1) is 13.2. The van der Waals surface area contributed by atoms with Crippen LogP contribution in [0.3, 0.4) is 0 Å². The van der Waals surface area contributed by atoms with Crippen molar-refractivity contribution in [3.8, 4) is 22.6 Å². The zero-order valence-electron chi connectivity index (χ0n) is 14.7. The molecule has 0 aliphatic heterocycles. The lowest BCUT2D eigenvalue weighted by Gasteiger charge is -2.11. The summed E-state index contributed by atoms with van der Waals surface area (Å²) in [6.45, 7) is 0.543. The van der Waals surface area contributed by atoms with Crippen LogP contribution in [0.15, 0.2) is 67.3 Å². The molecule has 0 saturated heterocycles. The van der Waals surface area contributed by atoms with Gasteiger partial charge in [-0.2, -0.15) is 0 Å². The molecule has 0 fully saturated rings. The zero-order chi connectivity index (χ0) is 18.6. The third-order valence-electron chi connectivity index (χ3n) is 4.13. The Kier molecular flexibility index (Phi) is 4.80. The summed E-state index contributed by atoms with van der Waals surface area (Å²) in [7, 11) is 1.94. The van der Waals surface area contributed by atoms with Gasteiger partial charge in [-0.3, -0.25) is 4.98 Å². The van der Waals surface area contributed by atoms with Crippen LogP contribution in [-0.4, -0.2) is 24.5 Å². The third kappa shape index (κ3) is 3.80. The van der Waals surface area contributed by atoms with Crippen LogP contribution in [0.25, 0.3) is 22.6 Å². The molecule has 7 heteroatoms. The van der Waals surface area contributed by atoms with Gasteiger partial charge in [0.25, 0.3) is 0 Å². The fourth-order valence-corrected chi connectivity index (χ4v) is 2.87. The average Bonchev–Trinajstić information content (AvgIpc) is 3.13. The van der Waals surface area contributed by atoms with E-state index in [1.165, 1.54) is 0 Å². The third-order valence-corrected chi connectivity index (χ3v) is 4.38. The average molecular weight is 377 g/mol. The molecule has 1 aromatic carbocycles. The highest BCUT2D eigenvalue weighted by molar-refractivity contribution is 6.30. The van der Waals surface area contributed by atoms with Crippen molar-refractivity contribution in [2.24, 2.45) is 7.05 Å².